The summed E-state index contributed by atoms with van der Waals surface area (Å²) >= 11 is 9.33. The lowest BCUT2D eigenvalue weighted by atomic mass is 10.1. The average Bonchev–Trinajstić information content (AvgIpc) is 2.49. The summed E-state index contributed by atoms with van der Waals surface area (Å²) in [5, 5.41) is 22.3. The fraction of sp³-hybridized carbons (Fsp3) is 0.188. The third-order valence-electron chi connectivity index (χ3n) is 3.27. The third kappa shape index (κ3) is 4.30. The van der Waals surface area contributed by atoms with Crippen LogP contribution in [0.25, 0.3) is 0 Å². The van der Waals surface area contributed by atoms with E-state index in [-0.39, 0.29) is 18.2 Å². The minimum absolute atomic E-state index is 0.0643. The molecule has 3 N–H and O–H groups in total. The molecule has 2 rings (SSSR count). The molecule has 0 fully saturated rings. The molecule has 0 saturated carbocycles. The van der Waals surface area contributed by atoms with E-state index in [4.69, 9.17) is 16.7 Å². The van der Waals surface area contributed by atoms with Crippen molar-refractivity contribution in [1.29, 1.82) is 0 Å². The number of aliphatic hydroxyl groups excluding tert-OH is 1. The second kappa shape index (κ2) is 7.74. The molecular formula is C16H15BrClNO3. The van der Waals surface area contributed by atoms with Gasteiger partial charge in [0.05, 0.1) is 18.2 Å². The van der Waals surface area contributed by atoms with Crippen molar-refractivity contribution >= 4 is 33.5 Å². The molecule has 0 aromatic heterocycles. The first-order valence-corrected chi connectivity index (χ1v) is 7.79. The maximum atomic E-state index is 10.9. The zero-order valence-corrected chi connectivity index (χ0v) is 13.9. The van der Waals surface area contributed by atoms with E-state index in [1.807, 2.05) is 12.1 Å². The van der Waals surface area contributed by atoms with Gasteiger partial charge >= 0.3 is 5.97 Å². The van der Waals surface area contributed by atoms with Gasteiger partial charge in [-0.3, -0.25) is 0 Å². The van der Waals surface area contributed by atoms with Crippen LogP contribution in [0.3, 0.4) is 0 Å². The normalized spacial score (nSPS) is 12.1. The molecule has 0 amide bonds. The number of rotatable bonds is 6. The van der Waals surface area contributed by atoms with Gasteiger partial charge in [-0.05, 0) is 35.4 Å². The lowest BCUT2D eigenvalue weighted by molar-refractivity contribution is 0.0697. The van der Waals surface area contributed by atoms with Gasteiger partial charge in [0.15, 0.2) is 0 Å². The standard InChI is InChI=1S/C16H15BrClNO3/c17-14-7-11(16(21)22)4-5-12(14)8-19-15(9-20)10-2-1-3-13(18)6-10/h1-7,15,19-20H,8-9H2,(H,21,22). The molecule has 0 bridgehead atoms. The van der Waals surface area contributed by atoms with Crippen LogP contribution in [-0.4, -0.2) is 22.8 Å². The van der Waals surface area contributed by atoms with Crippen LogP contribution in [0.4, 0.5) is 0 Å². The molecule has 0 heterocycles. The molecule has 0 aliphatic rings. The van der Waals surface area contributed by atoms with Crippen molar-refractivity contribution in [3.8, 4) is 0 Å². The van der Waals surface area contributed by atoms with Crippen molar-refractivity contribution in [1.82, 2.24) is 5.32 Å². The predicted octanol–water partition coefficient (Wildman–Crippen LogP) is 3.62. The second-order valence-electron chi connectivity index (χ2n) is 4.78. The van der Waals surface area contributed by atoms with Crippen LogP contribution >= 0.6 is 27.5 Å². The van der Waals surface area contributed by atoms with Gasteiger partial charge in [-0.15, -0.1) is 0 Å². The summed E-state index contributed by atoms with van der Waals surface area (Å²) in [4.78, 5) is 10.9. The lowest BCUT2D eigenvalue weighted by Gasteiger charge is -2.17. The largest absolute Gasteiger partial charge is 0.478 e. The van der Waals surface area contributed by atoms with E-state index >= 15 is 0 Å². The summed E-state index contributed by atoms with van der Waals surface area (Å²) < 4.78 is 0.711. The Hall–Kier alpha value is -1.40. The Labute approximate surface area is 141 Å². The molecule has 0 spiro atoms. The smallest absolute Gasteiger partial charge is 0.335 e. The number of hydrogen-bond donors (Lipinski definition) is 3. The van der Waals surface area contributed by atoms with Gasteiger partial charge in [0.2, 0.25) is 0 Å². The summed E-state index contributed by atoms with van der Waals surface area (Å²) in [6.45, 7) is 0.420. The number of hydrogen-bond acceptors (Lipinski definition) is 3. The molecule has 0 saturated heterocycles. The van der Waals surface area contributed by atoms with Crippen molar-refractivity contribution in [3.05, 3.63) is 68.7 Å². The minimum atomic E-state index is -0.965. The Balaban J connectivity index is 2.09. The maximum Gasteiger partial charge on any atom is 0.335 e. The topological polar surface area (TPSA) is 69.6 Å². The molecule has 0 aliphatic heterocycles. The van der Waals surface area contributed by atoms with Crippen LogP contribution in [0.2, 0.25) is 5.02 Å². The van der Waals surface area contributed by atoms with Crippen LogP contribution in [0.15, 0.2) is 46.9 Å². The number of benzene rings is 2. The quantitative estimate of drug-likeness (QED) is 0.711. The summed E-state index contributed by atoms with van der Waals surface area (Å²) in [6, 6.07) is 11.9. The number of carbonyl (C=O) groups is 1. The van der Waals surface area contributed by atoms with Crippen LogP contribution in [0.5, 0.6) is 0 Å². The Bertz CT molecular complexity index is 678. The van der Waals surface area contributed by atoms with Crippen molar-refractivity contribution in [2.24, 2.45) is 0 Å². The van der Waals surface area contributed by atoms with E-state index in [1.54, 1.807) is 30.3 Å². The van der Waals surface area contributed by atoms with E-state index < -0.39 is 5.97 Å². The molecular weight excluding hydrogens is 370 g/mol. The summed E-state index contributed by atoms with van der Waals surface area (Å²) in [6.07, 6.45) is 0. The molecule has 1 atom stereocenters. The second-order valence-corrected chi connectivity index (χ2v) is 6.07. The van der Waals surface area contributed by atoms with E-state index in [1.165, 1.54) is 0 Å². The fourth-order valence-corrected chi connectivity index (χ4v) is 2.79. The van der Waals surface area contributed by atoms with Gasteiger partial charge in [0.1, 0.15) is 0 Å². The molecule has 6 heteroatoms. The van der Waals surface area contributed by atoms with Crippen molar-refractivity contribution in [3.63, 3.8) is 0 Å². The van der Waals surface area contributed by atoms with Crippen LogP contribution in [-0.2, 0) is 6.54 Å². The molecule has 0 radical (unpaired) electrons. The highest BCUT2D eigenvalue weighted by molar-refractivity contribution is 9.10. The number of carboxylic acid groups (broad SMARTS) is 1. The number of aromatic carboxylic acids is 1. The maximum absolute atomic E-state index is 10.9. The molecule has 22 heavy (non-hydrogen) atoms. The highest BCUT2D eigenvalue weighted by Gasteiger charge is 2.12. The number of aliphatic hydroxyl groups is 1. The predicted molar refractivity (Wildman–Crippen MR) is 89.2 cm³/mol. The first kappa shape index (κ1) is 17.0. The SMILES string of the molecule is O=C(O)c1ccc(CNC(CO)c2cccc(Cl)c2)c(Br)c1. The van der Waals surface area contributed by atoms with E-state index in [2.05, 4.69) is 21.2 Å². The van der Waals surface area contributed by atoms with E-state index in [9.17, 15) is 9.90 Å². The number of carboxylic acids is 1. The lowest BCUT2D eigenvalue weighted by Crippen LogP contribution is -2.24. The van der Waals surface area contributed by atoms with Gasteiger partial charge in [-0.2, -0.15) is 0 Å². The zero-order valence-electron chi connectivity index (χ0n) is 11.6. The van der Waals surface area contributed by atoms with Crippen molar-refractivity contribution < 1.29 is 15.0 Å². The molecule has 1 unspecified atom stereocenters. The van der Waals surface area contributed by atoms with Gasteiger partial charge in [-0.1, -0.05) is 45.7 Å². The molecule has 4 nitrogen and oxygen atoms in total. The fourth-order valence-electron chi connectivity index (χ4n) is 2.07. The molecule has 0 aliphatic carbocycles. The molecule has 2 aromatic carbocycles. The van der Waals surface area contributed by atoms with E-state index in [0.717, 1.165) is 11.1 Å². The summed E-state index contributed by atoms with van der Waals surface area (Å²) in [5.41, 5.74) is 2.03. The Morgan fingerprint density at radius 2 is 2.05 bits per heavy atom. The Morgan fingerprint density at radius 3 is 2.64 bits per heavy atom. The van der Waals surface area contributed by atoms with Crippen molar-refractivity contribution in [2.45, 2.75) is 12.6 Å². The Kier molecular flexibility index (Phi) is 5.97. The van der Waals surface area contributed by atoms with Crippen LogP contribution in [0, 0.1) is 0 Å². The summed E-state index contributed by atoms with van der Waals surface area (Å²) in [7, 11) is 0. The third-order valence-corrected chi connectivity index (χ3v) is 4.25. The number of halogens is 2. The highest BCUT2D eigenvalue weighted by atomic mass is 79.9. The first-order chi connectivity index (χ1) is 10.5. The van der Waals surface area contributed by atoms with Crippen molar-refractivity contribution in [2.75, 3.05) is 6.61 Å². The van der Waals surface area contributed by atoms with Gasteiger partial charge in [0.25, 0.3) is 0 Å². The van der Waals surface area contributed by atoms with Crippen LogP contribution in [0.1, 0.15) is 27.5 Å². The Morgan fingerprint density at radius 1 is 1.27 bits per heavy atom. The molecule has 116 valence electrons. The summed E-state index contributed by atoms with van der Waals surface area (Å²) in [5.74, 6) is -0.965. The van der Waals surface area contributed by atoms with Gasteiger partial charge in [-0.25, -0.2) is 4.79 Å². The molecule has 2 aromatic rings. The average molecular weight is 385 g/mol. The number of nitrogens with one attached hydrogen (secondary N) is 1. The highest BCUT2D eigenvalue weighted by Crippen LogP contribution is 2.21. The minimum Gasteiger partial charge on any atom is -0.478 e. The monoisotopic (exact) mass is 383 g/mol. The zero-order chi connectivity index (χ0) is 16.1. The van der Waals surface area contributed by atoms with Gasteiger partial charge in [0, 0.05) is 16.0 Å². The van der Waals surface area contributed by atoms with Crippen LogP contribution < -0.4 is 5.32 Å². The first-order valence-electron chi connectivity index (χ1n) is 6.62. The van der Waals surface area contributed by atoms with E-state index in [0.29, 0.717) is 16.0 Å². The van der Waals surface area contributed by atoms with Gasteiger partial charge < -0.3 is 15.5 Å².